The summed E-state index contributed by atoms with van der Waals surface area (Å²) >= 11 is 0. The highest BCUT2D eigenvalue weighted by atomic mass is 19.1. The molecule has 0 spiro atoms. The number of nitrogens with zero attached hydrogens (tertiary/aromatic N) is 3. The Balaban J connectivity index is 1.77. The number of methoxy groups -OCH3 is 1. The standard InChI is InChI=1S/C16H20FN3O3/c1-10-18-16(23-19-10)14-7-11(22-2)8-20(14)9-15(21)12-5-3-4-6-13(12)17/h3-6,11,14-15,21H,7-9H2,1-2H3/t11-,14-,15-/m1/s1. The highest BCUT2D eigenvalue weighted by Gasteiger charge is 2.37. The number of likely N-dealkylation sites (tertiary alicyclic amines) is 1. The van der Waals surface area contributed by atoms with Crippen molar-refractivity contribution in [2.45, 2.75) is 31.6 Å². The smallest absolute Gasteiger partial charge is 0.244 e. The SMILES string of the molecule is CO[C@@H]1C[C@H](c2nc(C)no2)N(C[C@@H](O)c2ccccc2F)C1. The highest BCUT2D eigenvalue weighted by Crippen LogP contribution is 2.34. The van der Waals surface area contributed by atoms with Gasteiger partial charge >= 0.3 is 0 Å². The molecule has 1 aromatic heterocycles. The van der Waals surface area contributed by atoms with Crippen LogP contribution < -0.4 is 0 Å². The number of aliphatic hydroxyl groups excluding tert-OH is 1. The molecule has 6 nitrogen and oxygen atoms in total. The van der Waals surface area contributed by atoms with Gasteiger partial charge in [-0.3, -0.25) is 4.90 Å². The van der Waals surface area contributed by atoms with E-state index in [1.807, 2.05) is 4.90 Å². The lowest BCUT2D eigenvalue weighted by atomic mass is 10.1. The Morgan fingerprint density at radius 1 is 1.48 bits per heavy atom. The van der Waals surface area contributed by atoms with Crippen LogP contribution in [0.3, 0.4) is 0 Å². The van der Waals surface area contributed by atoms with Crippen molar-refractivity contribution >= 4 is 0 Å². The van der Waals surface area contributed by atoms with E-state index >= 15 is 0 Å². The van der Waals surface area contributed by atoms with Gasteiger partial charge in [-0.2, -0.15) is 4.98 Å². The van der Waals surface area contributed by atoms with Gasteiger partial charge in [-0.1, -0.05) is 23.4 Å². The van der Waals surface area contributed by atoms with E-state index in [1.165, 1.54) is 6.07 Å². The number of rotatable bonds is 5. The van der Waals surface area contributed by atoms with Crippen LogP contribution in [0.4, 0.5) is 4.39 Å². The molecule has 2 aromatic rings. The van der Waals surface area contributed by atoms with E-state index in [0.29, 0.717) is 24.7 Å². The maximum absolute atomic E-state index is 13.8. The summed E-state index contributed by atoms with van der Waals surface area (Å²) in [7, 11) is 1.65. The van der Waals surface area contributed by atoms with Crippen LogP contribution in [-0.4, -0.2) is 46.5 Å². The molecule has 23 heavy (non-hydrogen) atoms. The predicted octanol–water partition coefficient (Wildman–Crippen LogP) is 2.01. The molecule has 0 bridgehead atoms. The van der Waals surface area contributed by atoms with Crippen LogP contribution in [0.1, 0.15) is 35.8 Å². The minimum Gasteiger partial charge on any atom is -0.387 e. The van der Waals surface area contributed by atoms with E-state index < -0.39 is 11.9 Å². The molecule has 1 aliphatic heterocycles. The number of hydrogen-bond acceptors (Lipinski definition) is 6. The molecule has 1 N–H and O–H groups in total. The largest absolute Gasteiger partial charge is 0.387 e. The van der Waals surface area contributed by atoms with Crippen LogP contribution in [0.5, 0.6) is 0 Å². The molecule has 7 heteroatoms. The number of aromatic nitrogens is 2. The second-order valence-corrected chi connectivity index (χ2v) is 5.78. The first-order valence-corrected chi connectivity index (χ1v) is 7.58. The third-order valence-electron chi connectivity index (χ3n) is 4.20. The maximum atomic E-state index is 13.8. The molecule has 3 atom stereocenters. The summed E-state index contributed by atoms with van der Waals surface area (Å²) in [5.74, 6) is 0.658. The summed E-state index contributed by atoms with van der Waals surface area (Å²) in [6.45, 7) is 2.65. The van der Waals surface area contributed by atoms with Crippen molar-refractivity contribution in [3.8, 4) is 0 Å². The normalized spacial score (nSPS) is 23.3. The first-order valence-electron chi connectivity index (χ1n) is 7.58. The molecule has 1 saturated heterocycles. The fourth-order valence-corrected chi connectivity index (χ4v) is 3.01. The predicted molar refractivity (Wildman–Crippen MR) is 80.1 cm³/mol. The summed E-state index contributed by atoms with van der Waals surface area (Å²) in [6.07, 6.45) is -0.222. The molecular formula is C16H20FN3O3. The minimum atomic E-state index is -0.932. The van der Waals surface area contributed by atoms with Crippen LogP contribution >= 0.6 is 0 Å². The number of β-amino-alcohol motifs (C(OH)–C–C–N with tert-alkyl or cyclic N) is 1. The van der Waals surface area contributed by atoms with Gasteiger partial charge in [0.1, 0.15) is 5.82 Å². The third-order valence-corrected chi connectivity index (χ3v) is 4.20. The quantitative estimate of drug-likeness (QED) is 0.908. The lowest BCUT2D eigenvalue weighted by Gasteiger charge is -2.24. The van der Waals surface area contributed by atoms with E-state index in [-0.39, 0.29) is 24.3 Å². The molecule has 1 aromatic carbocycles. The van der Waals surface area contributed by atoms with Crippen molar-refractivity contribution in [1.82, 2.24) is 15.0 Å². The van der Waals surface area contributed by atoms with Gasteiger partial charge in [-0.25, -0.2) is 4.39 Å². The zero-order valence-corrected chi connectivity index (χ0v) is 13.1. The summed E-state index contributed by atoms with van der Waals surface area (Å²) < 4.78 is 24.5. The van der Waals surface area contributed by atoms with Gasteiger partial charge in [0, 0.05) is 25.8 Å². The Hall–Kier alpha value is -1.83. The summed E-state index contributed by atoms with van der Waals surface area (Å²) in [5, 5.41) is 14.2. The van der Waals surface area contributed by atoms with Crippen LogP contribution in [-0.2, 0) is 4.74 Å². The van der Waals surface area contributed by atoms with Gasteiger partial charge < -0.3 is 14.4 Å². The second-order valence-electron chi connectivity index (χ2n) is 5.78. The van der Waals surface area contributed by atoms with E-state index in [0.717, 1.165) is 0 Å². The van der Waals surface area contributed by atoms with Crippen LogP contribution in [0.25, 0.3) is 0 Å². The average Bonchev–Trinajstić information content (AvgIpc) is 3.13. The Morgan fingerprint density at radius 2 is 2.26 bits per heavy atom. The molecular weight excluding hydrogens is 301 g/mol. The zero-order chi connectivity index (χ0) is 16.4. The van der Waals surface area contributed by atoms with Crippen LogP contribution in [0, 0.1) is 12.7 Å². The van der Waals surface area contributed by atoms with Gasteiger partial charge in [0.05, 0.1) is 18.2 Å². The van der Waals surface area contributed by atoms with Crippen molar-refractivity contribution in [3.63, 3.8) is 0 Å². The van der Waals surface area contributed by atoms with Crippen LogP contribution in [0.2, 0.25) is 0 Å². The fraction of sp³-hybridized carbons (Fsp3) is 0.500. The molecule has 0 unspecified atom stereocenters. The molecule has 1 fully saturated rings. The monoisotopic (exact) mass is 321 g/mol. The molecule has 3 rings (SSSR count). The topological polar surface area (TPSA) is 71.6 Å². The molecule has 0 radical (unpaired) electrons. The zero-order valence-electron chi connectivity index (χ0n) is 13.1. The molecule has 2 heterocycles. The Bertz CT molecular complexity index is 664. The summed E-state index contributed by atoms with van der Waals surface area (Å²) in [4.78, 5) is 6.28. The molecule has 0 aliphatic carbocycles. The summed E-state index contributed by atoms with van der Waals surface area (Å²) in [6, 6.07) is 6.12. The Labute approximate surface area is 133 Å². The van der Waals surface area contributed by atoms with Gasteiger partial charge in [0.25, 0.3) is 0 Å². The first-order chi connectivity index (χ1) is 11.1. The Morgan fingerprint density at radius 3 is 2.91 bits per heavy atom. The van der Waals surface area contributed by atoms with Crippen molar-refractivity contribution in [2.75, 3.05) is 20.2 Å². The van der Waals surface area contributed by atoms with E-state index in [2.05, 4.69) is 10.1 Å². The number of hydrogen-bond donors (Lipinski definition) is 1. The lowest BCUT2D eigenvalue weighted by molar-refractivity contribution is 0.0796. The maximum Gasteiger partial charge on any atom is 0.244 e. The van der Waals surface area contributed by atoms with Crippen molar-refractivity contribution in [2.24, 2.45) is 0 Å². The fourth-order valence-electron chi connectivity index (χ4n) is 3.01. The lowest BCUT2D eigenvalue weighted by Crippen LogP contribution is -2.30. The van der Waals surface area contributed by atoms with Crippen molar-refractivity contribution in [3.05, 3.63) is 47.4 Å². The molecule has 0 saturated carbocycles. The average molecular weight is 321 g/mol. The summed E-state index contributed by atoms with van der Waals surface area (Å²) in [5.41, 5.74) is 0.286. The number of benzene rings is 1. The van der Waals surface area contributed by atoms with E-state index in [4.69, 9.17) is 9.26 Å². The number of aliphatic hydroxyl groups is 1. The van der Waals surface area contributed by atoms with Crippen molar-refractivity contribution < 1.29 is 18.8 Å². The first kappa shape index (κ1) is 16.0. The van der Waals surface area contributed by atoms with Crippen molar-refractivity contribution in [1.29, 1.82) is 0 Å². The molecule has 124 valence electrons. The number of halogens is 1. The second kappa shape index (κ2) is 6.74. The van der Waals surface area contributed by atoms with Gasteiger partial charge in [0.15, 0.2) is 5.82 Å². The Kier molecular flexibility index (Phi) is 4.70. The third kappa shape index (κ3) is 3.41. The minimum absolute atomic E-state index is 0.0139. The number of aryl methyl sites for hydroxylation is 1. The van der Waals surface area contributed by atoms with Gasteiger partial charge in [-0.15, -0.1) is 0 Å². The number of ether oxygens (including phenoxy) is 1. The molecule has 1 aliphatic rings. The molecule has 0 amide bonds. The van der Waals surface area contributed by atoms with Gasteiger partial charge in [-0.05, 0) is 19.4 Å². The van der Waals surface area contributed by atoms with E-state index in [1.54, 1.807) is 32.2 Å². The van der Waals surface area contributed by atoms with E-state index in [9.17, 15) is 9.50 Å². The van der Waals surface area contributed by atoms with Crippen LogP contribution in [0.15, 0.2) is 28.8 Å². The highest BCUT2D eigenvalue weighted by molar-refractivity contribution is 5.20. The van der Waals surface area contributed by atoms with Gasteiger partial charge in [0.2, 0.25) is 5.89 Å².